The second kappa shape index (κ2) is 4.16. The summed E-state index contributed by atoms with van der Waals surface area (Å²) >= 11 is 5.77. The number of hydrogen-bond donors (Lipinski definition) is 1. The highest BCUT2D eigenvalue weighted by Crippen LogP contribution is 2.48. The first-order valence-corrected chi connectivity index (χ1v) is 6.75. The molecular formula is C14H16ClNO2. The molecule has 0 radical (unpaired) electrons. The number of carbonyl (C=O) groups excluding carboxylic acids is 1. The third kappa shape index (κ3) is 1.87. The van der Waals surface area contributed by atoms with Crippen molar-refractivity contribution in [2.45, 2.75) is 25.7 Å². The molecule has 96 valence electrons. The van der Waals surface area contributed by atoms with Crippen molar-refractivity contribution in [3.63, 3.8) is 0 Å². The lowest BCUT2D eigenvalue weighted by Crippen LogP contribution is -2.35. The summed E-state index contributed by atoms with van der Waals surface area (Å²) in [5, 5.41) is 10.2. The van der Waals surface area contributed by atoms with Crippen molar-refractivity contribution in [3.8, 4) is 5.75 Å². The van der Waals surface area contributed by atoms with Gasteiger partial charge in [0.05, 0.1) is 5.56 Å². The number of rotatable bonds is 1. The molecule has 1 heterocycles. The third-order valence-corrected chi connectivity index (χ3v) is 4.57. The lowest BCUT2D eigenvalue weighted by atomic mass is 9.68. The van der Waals surface area contributed by atoms with Crippen LogP contribution in [-0.2, 0) is 0 Å². The maximum absolute atomic E-state index is 12.3. The zero-order valence-electron chi connectivity index (χ0n) is 10.2. The van der Waals surface area contributed by atoms with Gasteiger partial charge in [-0.15, -0.1) is 0 Å². The Labute approximate surface area is 111 Å². The molecule has 0 atom stereocenters. The quantitative estimate of drug-likeness (QED) is 0.848. The van der Waals surface area contributed by atoms with E-state index >= 15 is 0 Å². The van der Waals surface area contributed by atoms with Crippen molar-refractivity contribution in [2.75, 3.05) is 13.1 Å². The van der Waals surface area contributed by atoms with Crippen molar-refractivity contribution in [2.24, 2.45) is 5.41 Å². The van der Waals surface area contributed by atoms with Gasteiger partial charge >= 0.3 is 0 Å². The molecule has 1 saturated carbocycles. The second-order valence-electron chi connectivity index (χ2n) is 5.49. The lowest BCUT2D eigenvalue weighted by Gasteiger charge is -2.37. The number of hydrogen-bond acceptors (Lipinski definition) is 2. The predicted octanol–water partition coefficient (Wildman–Crippen LogP) is 3.06. The fraction of sp³-hybridized carbons (Fsp3) is 0.500. The number of phenols is 1. The maximum Gasteiger partial charge on any atom is 0.257 e. The van der Waals surface area contributed by atoms with E-state index in [9.17, 15) is 9.90 Å². The Morgan fingerprint density at radius 2 is 2.11 bits per heavy atom. The number of nitrogens with zero attached hydrogens (tertiary/aromatic N) is 1. The van der Waals surface area contributed by atoms with E-state index in [1.807, 2.05) is 4.90 Å². The van der Waals surface area contributed by atoms with Crippen LogP contribution >= 0.6 is 11.6 Å². The van der Waals surface area contributed by atoms with E-state index in [1.165, 1.54) is 25.3 Å². The molecule has 18 heavy (non-hydrogen) atoms. The molecule has 2 aliphatic rings. The van der Waals surface area contributed by atoms with E-state index in [2.05, 4.69) is 0 Å². The molecule has 1 aliphatic heterocycles. The molecule has 1 aromatic rings. The molecule has 0 aromatic heterocycles. The van der Waals surface area contributed by atoms with Crippen LogP contribution in [0.4, 0.5) is 0 Å². The Morgan fingerprint density at radius 3 is 2.67 bits per heavy atom. The summed E-state index contributed by atoms with van der Waals surface area (Å²) in [7, 11) is 0. The Bertz CT molecular complexity index is 497. The molecule has 2 fully saturated rings. The summed E-state index contributed by atoms with van der Waals surface area (Å²) in [6.07, 6.45) is 4.87. The van der Waals surface area contributed by atoms with Crippen LogP contribution in [0.2, 0.25) is 5.02 Å². The summed E-state index contributed by atoms with van der Waals surface area (Å²) in [6, 6.07) is 4.67. The molecule has 1 amide bonds. The van der Waals surface area contributed by atoms with Crippen LogP contribution in [0.15, 0.2) is 18.2 Å². The van der Waals surface area contributed by atoms with Crippen molar-refractivity contribution in [1.29, 1.82) is 0 Å². The van der Waals surface area contributed by atoms with Gasteiger partial charge in [-0.3, -0.25) is 4.79 Å². The largest absolute Gasteiger partial charge is 0.507 e. The minimum atomic E-state index is -0.0760. The van der Waals surface area contributed by atoms with Crippen LogP contribution in [0.5, 0.6) is 5.75 Å². The minimum absolute atomic E-state index is 0.0259. The smallest absolute Gasteiger partial charge is 0.257 e. The van der Waals surface area contributed by atoms with Crippen LogP contribution in [0.3, 0.4) is 0 Å². The summed E-state index contributed by atoms with van der Waals surface area (Å²) in [5.41, 5.74) is 0.744. The monoisotopic (exact) mass is 265 g/mol. The zero-order valence-corrected chi connectivity index (χ0v) is 10.9. The van der Waals surface area contributed by atoms with Crippen LogP contribution in [0.25, 0.3) is 0 Å². The van der Waals surface area contributed by atoms with Crippen molar-refractivity contribution in [1.82, 2.24) is 4.90 Å². The fourth-order valence-corrected chi connectivity index (χ4v) is 3.22. The van der Waals surface area contributed by atoms with Crippen LogP contribution < -0.4 is 0 Å². The SMILES string of the molecule is O=C(c1ccc(Cl)cc1O)N1CCC2(CCC2)C1. The van der Waals surface area contributed by atoms with E-state index in [0.717, 1.165) is 19.5 Å². The first-order valence-electron chi connectivity index (χ1n) is 6.38. The van der Waals surface area contributed by atoms with E-state index in [1.54, 1.807) is 12.1 Å². The molecule has 0 unspecified atom stereocenters. The number of benzene rings is 1. The minimum Gasteiger partial charge on any atom is -0.507 e. The Hall–Kier alpha value is -1.22. The van der Waals surface area contributed by atoms with Gasteiger partial charge in [0.15, 0.2) is 0 Å². The third-order valence-electron chi connectivity index (χ3n) is 4.33. The molecule has 4 heteroatoms. The van der Waals surface area contributed by atoms with Crippen LogP contribution in [0.1, 0.15) is 36.0 Å². The highest BCUT2D eigenvalue weighted by Gasteiger charge is 2.44. The van der Waals surface area contributed by atoms with Gasteiger partial charge in [-0.05, 0) is 42.9 Å². The number of halogens is 1. The number of carbonyl (C=O) groups is 1. The number of likely N-dealkylation sites (tertiary alicyclic amines) is 1. The molecule has 1 spiro atoms. The fourth-order valence-electron chi connectivity index (χ4n) is 3.05. The number of aromatic hydroxyl groups is 1. The van der Waals surface area contributed by atoms with Gasteiger partial charge in [0.1, 0.15) is 5.75 Å². The summed E-state index contributed by atoms with van der Waals surface area (Å²) in [6.45, 7) is 1.65. The van der Waals surface area contributed by atoms with Gasteiger partial charge in [0.25, 0.3) is 5.91 Å². The van der Waals surface area contributed by atoms with Crippen molar-refractivity contribution in [3.05, 3.63) is 28.8 Å². The molecular weight excluding hydrogens is 250 g/mol. The first-order chi connectivity index (χ1) is 8.60. The normalized spacial score (nSPS) is 21.1. The maximum atomic E-state index is 12.3. The Kier molecular flexibility index (Phi) is 2.74. The van der Waals surface area contributed by atoms with E-state index < -0.39 is 0 Å². The van der Waals surface area contributed by atoms with Crippen molar-refractivity contribution >= 4 is 17.5 Å². The van der Waals surface area contributed by atoms with Crippen LogP contribution in [0, 0.1) is 5.41 Å². The van der Waals surface area contributed by atoms with Crippen molar-refractivity contribution < 1.29 is 9.90 Å². The average Bonchev–Trinajstić information content (AvgIpc) is 2.73. The summed E-state index contributed by atoms with van der Waals surface area (Å²) < 4.78 is 0. The highest BCUT2D eigenvalue weighted by atomic mass is 35.5. The standard InChI is InChI=1S/C14H16ClNO2/c15-10-2-3-11(12(17)8-10)13(18)16-7-6-14(9-16)4-1-5-14/h2-3,8,17H,1,4-7,9H2. The molecule has 1 aromatic carbocycles. The average molecular weight is 266 g/mol. The second-order valence-corrected chi connectivity index (χ2v) is 5.93. The molecule has 3 nitrogen and oxygen atoms in total. The molecule has 3 rings (SSSR count). The topological polar surface area (TPSA) is 40.5 Å². The van der Waals surface area contributed by atoms with Gasteiger partial charge in [-0.2, -0.15) is 0 Å². The van der Waals surface area contributed by atoms with Gasteiger partial charge in [-0.1, -0.05) is 18.0 Å². The van der Waals surface area contributed by atoms with Crippen LogP contribution in [-0.4, -0.2) is 29.0 Å². The number of amides is 1. The van der Waals surface area contributed by atoms with E-state index in [4.69, 9.17) is 11.6 Å². The predicted molar refractivity (Wildman–Crippen MR) is 69.9 cm³/mol. The Balaban J connectivity index is 1.78. The van der Waals surface area contributed by atoms with Gasteiger partial charge in [-0.25, -0.2) is 0 Å². The Morgan fingerprint density at radius 1 is 1.33 bits per heavy atom. The van der Waals surface area contributed by atoms with Gasteiger partial charge in [0, 0.05) is 18.1 Å². The number of phenolic OH excluding ortho intramolecular Hbond substituents is 1. The highest BCUT2D eigenvalue weighted by molar-refractivity contribution is 6.30. The molecule has 1 saturated heterocycles. The van der Waals surface area contributed by atoms with Gasteiger partial charge in [0.2, 0.25) is 0 Å². The first kappa shape index (κ1) is 11.8. The molecule has 1 N–H and O–H groups in total. The summed E-state index contributed by atoms with van der Waals surface area (Å²) in [4.78, 5) is 14.2. The summed E-state index contributed by atoms with van der Waals surface area (Å²) in [5.74, 6) is -0.102. The molecule has 0 bridgehead atoms. The zero-order chi connectivity index (χ0) is 12.8. The van der Waals surface area contributed by atoms with E-state index in [0.29, 0.717) is 16.0 Å². The molecule has 1 aliphatic carbocycles. The van der Waals surface area contributed by atoms with Gasteiger partial charge < -0.3 is 10.0 Å². The lowest BCUT2D eigenvalue weighted by molar-refractivity contribution is 0.0729. The van der Waals surface area contributed by atoms with E-state index in [-0.39, 0.29) is 11.7 Å².